The minimum Gasteiger partial charge on any atom is -0.345 e. The summed E-state index contributed by atoms with van der Waals surface area (Å²) in [6.07, 6.45) is 0. The minimum atomic E-state index is -3.92. The summed E-state index contributed by atoms with van der Waals surface area (Å²) in [6, 6.07) is 7.63. The Hall–Kier alpha value is -2.31. The van der Waals surface area contributed by atoms with E-state index in [-0.39, 0.29) is 28.0 Å². The largest absolute Gasteiger partial charge is 0.345 e. The number of aromatic nitrogens is 1. The molecule has 0 saturated carbocycles. The van der Waals surface area contributed by atoms with Crippen molar-refractivity contribution in [2.75, 3.05) is 31.1 Å². The maximum Gasteiger partial charge on any atom is 0.289 e. The van der Waals surface area contributed by atoms with E-state index < -0.39 is 26.5 Å². The summed E-state index contributed by atoms with van der Waals surface area (Å²) >= 11 is 13.1. The molecule has 0 bridgehead atoms. The standard InChI is InChI=1S/C19H15Cl2FN4O4S2/c20-13-7-12(8-14(22)9-13)17-11-31-19(23-17)24-3-5-25(6-4-24)32(29,30)15-1-2-16(21)18(10-15)26(27)28/h1-2,7-11H,3-6H2. The van der Waals surface area contributed by atoms with Gasteiger partial charge in [-0.3, -0.25) is 10.1 Å². The number of thiazole rings is 1. The van der Waals surface area contributed by atoms with E-state index in [0.29, 0.717) is 29.5 Å². The highest BCUT2D eigenvalue weighted by Crippen LogP contribution is 2.32. The van der Waals surface area contributed by atoms with E-state index in [9.17, 15) is 22.9 Å². The van der Waals surface area contributed by atoms with Gasteiger partial charge in [-0.1, -0.05) is 23.2 Å². The van der Waals surface area contributed by atoms with Crippen LogP contribution in [-0.2, 0) is 10.0 Å². The lowest BCUT2D eigenvalue weighted by atomic mass is 10.2. The Labute approximate surface area is 197 Å². The maximum absolute atomic E-state index is 13.6. The minimum absolute atomic E-state index is 0.127. The fraction of sp³-hybridized carbons (Fsp3) is 0.211. The number of nitro groups is 1. The maximum atomic E-state index is 13.6. The van der Waals surface area contributed by atoms with E-state index in [4.69, 9.17) is 23.2 Å². The molecule has 2 aromatic carbocycles. The van der Waals surface area contributed by atoms with Crippen LogP contribution >= 0.6 is 34.5 Å². The van der Waals surface area contributed by atoms with Crippen LogP contribution in [0.15, 0.2) is 46.7 Å². The van der Waals surface area contributed by atoms with Crippen molar-refractivity contribution in [1.82, 2.24) is 9.29 Å². The topological polar surface area (TPSA) is 96.6 Å². The smallest absolute Gasteiger partial charge is 0.289 e. The molecule has 1 fully saturated rings. The van der Waals surface area contributed by atoms with E-state index in [2.05, 4.69) is 4.98 Å². The molecule has 13 heteroatoms. The van der Waals surface area contributed by atoms with Gasteiger partial charge < -0.3 is 4.90 Å². The third-order valence-electron chi connectivity index (χ3n) is 4.91. The predicted molar refractivity (Wildman–Crippen MR) is 122 cm³/mol. The first-order valence-corrected chi connectivity index (χ1v) is 12.3. The van der Waals surface area contributed by atoms with Gasteiger partial charge in [0.1, 0.15) is 10.8 Å². The highest BCUT2D eigenvalue weighted by molar-refractivity contribution is 7.89. The van der Waals surface area contributed by atoms with Crippen molar-refractivity contribution >= 4 is 55.4 Å². The van der Waals surface area contributed by atoms with E-state index in [1.54, 1.807) is 11.4 Å². The number of rotatable bonds is 5. The van der Waals surface area contributed by atoms with Crippen LogP contribution in [0.1, 0.15) is 0 Å². The lowest BCUT2D eigenvalue weighted by molar-refractivity contribution is -0.384. The zero-order valence-electron chi connectivity index (χ0n) is 16.2. The highest BCUT2D eigenvalue weighted by Gasteiger charge is 2.31. The van der Waals surface area contributed by atoms with Gasteiger partial charge in [0.15, 0.2) is 5.13 Å². The van der Waals surface area contributed by atoms with E-state index >= 15 is 0 Å². The third kappa shape index (κ3) is 4.57. The average molecular weight is 517 g/mol. The van der Waals surface area contributed by atoms with Gasteiger partial charge in [-0.05, 0) is 30.3 Å². The number of hydrogen-bond acceptors (Lipinski definition) is 7. The van der Waals surface area contributed by atoms with Gasteiger partial charge in [-0.15, -0.1) is 11.3 Å². The molecular formula is C19H15Cl2FN4O4S2. The quantitative estimate of drug-likeness (QED) is 0.360. The second-order valence-electron chi connectivity index (χ2n) is 6.93. The van der Waals surface area contributed by atoms with Crippen LogP contribution in [0.3, 0.4) is 0 Å². The second-order valence-corrected chi connectivity index (χ2v) is 10.6. The van der Waals surface area contributed by atoms with E-state index in [0.717, 1.165) is 6.07 Å². The molecule has 32 heavy (non-hydrogen) atoms. The van der Waals surface area contributed by atoms with E-state index in [1.165, 1.54) is 39.9 Å². The number of nitro benzene ring substituents is 1. The van der Waals surface area contributed by atoms with Crippen molar-refractivity contribution < 1.29 is 17.7 Å². The molecule has 0 radical (unpaired) electrons. The van der Waals surface area contributed by atoms with Gasteiger partial charge >= 0.3 is 0 Å². The van der Waals surface area contributed by atoms with Crippen LogP contribution in [0.5, 0.6) is 0 Å². The van der Waals surface area contributed by atoms with Crippen LogP contribution < -0.4 is 4.90 Å². The van der Waals surface area contributed by atoms with Crippen LogP contribution in [0.2, 0.25) is 10.0 Å². The number of piperazine rings is 1. The van der Waals surface area contributed by atoms with Crippen LogP contribution in [0.25, 0.3) is 11.3 Å². The molecule has 0 spiro atoms. The third-order valence-corrected chi connectivity index (χ3v) is 8.25. The lowest BCUT2D eigenvalue weighted by Crippen LogP contribution is -2.48. The van der Waals surface area contributed by atoms with Crippen molar-refractivity contribution in [1.29, 1.82) is 0 Å². The van der Waals surface area contributed by atoms with Gasteiger partial charge in [0.05, 0.1) is 15.5 Å². The molecule has 1 aliphatic heterocycles. The molecule has 1 saturated heterocycles. The zero-order valence-corrected chi connectivity index (χ0v) is 19.4. The molecule has 0 amide bonds. The number of anilines is 1. The SMILES string of the molecule is O=[N+]([O-])c1cc(S(=O)(=O)N2CCN(c3nc(-c4cc(F)cc(Cl)c4)cs3)CC2)ccc1Cl. The normalized spacial score (nSPS) is 15.2. The fourth-order valence-corrected chi connectivity index (χ4v) is 6.05. The number of sulfonamides is 1. The summed E-state index contributed by atoms with van der Waals surface area (Å²) in [7, 11) is -3.92. The highest BCUT2D eigenvalue weighted by atomic mass is 35.5. The number of benzene rings is 2. The molecule has 0 aliphatic carbocycles. The molecule has 0 unspecified atom stereocenters. The molecular weight excluding hydrogens is 502 g/mol. The van der Waals surface area contributed by atoms with Crippen LogP contribution in [0, 0.1) is 15.9 Å². The molecule has 0 atom stereocenters. The Morgan fingerprint density at radius 1 is 1.09 bits per heavy atom. The van der Waals surface area contributed by atoms with E-state index in [1.807, 2.05) is 4.90 Å². The number of nitrogens with zero attached hydrogens (tertiary/aromatic N) is 4. The van der Waals surface area contributed by atoms with Crippen LogP contribution in [-0.4, -0.2) is 48.8 Å². The van der Waals surface area contributed by atoms with Crippen molar-refractivity contribution in [3.8, 4) is 11.3 Å². The molecule has 2 heterocycles. The summed E-state index contributed by atoms with van der Waals surface area (Å²) in [5, 5.41) is 13.7. The van der Waals surface area contributed by atoms with Gasteiger partial charge in [-0.25, -0.2) is 17.8 Å². The summed E-state index contributed by atoms with van der Waals surface area (Å²) in [6.45, 7) is 1.12. The molecule has 1 aliphatic rings. The summed E-state index contributed by atoms with van der Waals surface area (Å²) in [5.74, 6) is -0.455. The number of hydrogen-bond donors (Lipinski definition) is 0. The second kappa shape index (κ2) is 8.91. The molecule has 0 N–H and O–H groups in total. The molecule has 3 aromatic rings. The summed E-state index contributed by atoms with van der Waals surface area (Å²) in [4.78, 5) is 16.7. The van der Waals surface area contributed by atoms with Crippen molar-refractivity contribution in [3.05, 3.63) is 67.8 Å². The Morgan fingerprint density at radius 3 is 2.47 bits per heavy atom. The first-order valence-electron chi connectivity index (χ1n) is 9.26. The van der Waals surface area contributed by atoms with Gasteiger partial charge in [0, 0.05) is 48.2 Å². The van der Waals surface area contributed by atoms with Crippen molar-refractivity contribution in [2.45, 2.75) is 4.90 Å². The Bertz CT molecular complexity index is 1270. The molecule has 8 nitrogen and oxygen atoms in total. The number of halogens is 3. The van der Waals surface area contributed by atoms with Crippen LogP contribution in [0.4, 0.5) is 15.2 Å². The van der Waals surface area contributed by atoms with Crippen molar-refractivity contribution in [2.24, 2.45) is 0 Å². The molecule has 1 aromatic heterocycles. The zero-order chi connectivity index (χ0) is 23.0. The predicted octanol–water partition coefficient (Wildman–Crippen LogP) is 4.68. The van der Waals surface area contributed by atoms with Gasteiger partial charge in [0.25, 0.3) is 5.69 Å². The lowest BCUT2D eigenvalue weighted by Gasteiger charge is -2.33. The van der Waals surface area contributed by atoms with Gasteiger partial charge in [-0.2, -0.15) is 4.31 Å². The first-order chi connectivity index (χ1) is 15.1. The fourth-order valence-electron chi connectivity index (χ4n) is 3.31. The van der Waals surface area contributed by atoms with Crippen molar-refractivity contribution in [3.63, 3.8) is 0 Å². The molecule has 4 rings (SSSR count). The summed E-state index contributed by atoms with van der Waals surface area (Å²) < 4.78 is 40.8. The van der Waals surface area contributed by atoms with Gasteiger partial charge in [0.2, 0.25) is 10.0 Å². The molecule has 168 valence electrons. The Balaban J connectivity index is 1.48. The Morgan fingerprint density at radius 2 is 1.81 bits per heavy atom. The average Bonchev–Trinajstić information content (AvgIpc) is 3.23. The first kappa shape index (κ1) is 22.9. The summed E-state index contributed by atoms with van der Waals surface area (Å²) in [5.41, 5.74) is 0.678. The monoisotopic (exact) mass is 516 g/mol. The Kier molecular flexibility index (Phi) is 6.37.